The van der Waals surface area contributed by atoms with E-state index in [-0.39, 0.29) is 0 Å². The molecule has 2 nitrogen and oxygen atoms in total. The second kappa shape index (κ2) is 6.59. The van der Waals surface area contributed by atoms with Gasteiger partial charge < -0.3 is 11.5 Å². The molecule has 0 saturated carbocycles. The highest BCUT2D eigenvalue weighted by atomic mass is 14.6. The molecule has 86 valence electrons. The SMILES string of the molecule is Cc1cc(C)c(C)c(C)c1C.NCCN. The van der Waals surface area contributed by atoms with Gasteiger partial charge >= 0.3 is 0 Å². The Hall–Kier alpha value is -0.860. The molecule has 0 fully saturated rings. The Morgan fingerprint density at radius 1 is 0.733 bits per heavy atom. The molecular formula is C13H24N2. The molecule has 1 aromatic rings. The number of hydrogen-bond acceptors (Lipinski definition) is 2. The van der Waals surface area contributed by atoms with Gasteiger partial charge in [0.25, 0.3) is 0 Å². The van der Waals surface area contributed by atoms with Crippen molar-refractivity contribution in [1.82, 2.24) is 0 Å². The fourth-order valence-electron chi connectivity index (χ4n) is 1.41. The van der Waals surface area contributed by atoms with E-state index in [1.165, 1.54) is 27.8 Å². The maximum atomic E-state index is 4.90. The Morgan fingerprint density at radius 3 is 1.33 bits per heavy atom. The Bertz CT molecular complexity index is 289. The van der Waals surface area contributed by atoms with Crippen molar-refractivity contribution in [2.45, 2.75) is 34.6 Å². The summed E-state index contributed by atoms with van der Waals surface area (Å²) in [6.45, 7) is 12.1. The van der Waals surface area contributed by atoms with E-state index >= 15 is 0 Å². The standard InChI is InChI=1S/C11H16.C2H8N2/c1-7-6-8(2)10(4)11(5)9(7)3;3-1-2-4/h6H,1-5H3;1-4H2. The first-order chi connectivity index (χ1) is 6.95. The minimum absolute atomic E-state index is 0.597. The summed E-state index contributed by atoms with van der Waals surface area (Å²) < 4.78 is 0. The molecule has 0 aliphatic rings. The highest BCUT2D eigenvalue weighted by molar-refractivity contribution is 5.42. The first-order valence-electron chi connectivity index (χ1n) is 5.39. The summed E-state index contributed by atoms with van der Waals surface area (Å²) in [5, 5.41) is 0. The summed E-state index contributed by atoms with van der Waals surface area (Å²) in [5.41, 5.74) is 16.9. The minimum Gasteiger partial charge on any atom is -0.329 e. The minimum atomic E-state index is 0.597. The fraction of sp³-hybridized carbons (Fsp3) is 0.538. The zero-order valence-corrected chi connectivity index (χ0v) is 10.6. The van der Waals surface area contributed by atoms with Crippen LogP contribution in [0.2, 0.25) is 0 Å². The van der Waals surface area contributed by atoms with Crippen LogP contribution in [0.4, 0.5) is 0 Å². The van der Waals surface area contributed by atoms with Crippen molar-refractivity contribution in [2.75, 3.05) is 13.1 Å². The zero-order chi connectivity index (χ0) is 12.0. The molecule has 0 unspecified atom stereocenters. The Morgan fingerprint density at radius 2 is 1.07 bits per heavy atom. The molecule has 1 rings (SSSR count). The normalized spacial score (nSPS) is 9.53. The van der Waals surface area contributed by atoms with E-state index in [0.717, 1.165) is 0 Å². The van der Waals surface area contributed by atoms with Gasteiger partial charge in [-0.05, 0) is 62.4 Å². The molecule has 0 aliphatic heterocycles. The van der Waals surface area contributed by atoms with Crippen molar-refractivity contribution in [3.63, 3.8) is 0 Å². The van der Waals surface area contributed by atoms with E-state index in [4.69, 9.17) is 11.5 Å². The first kappa shape index (κ1) is 14.1. The van der Waals surface area contributed by atoms with Gasteiger partial charge in [-0.25, -0.2) is 0 Å². The van der Waals surface area contributed by atoms with Gasteiger partial charge in [0.1, 0.15) is 0 Å². The molecule has 2 heteroatoms. The van der Waals surface area contributed by atoms with Crippen LogP contribution in [0.15, 0.2) is 6.07 Å². The van der Waals surface area contributed by atoms with Crippen LogP contribution in [0, 0.1) is 34.6 Å². The molecule has 0 aliphatic carbocycles. The van der Waals surface area contributed by atoms with Crippen molar-refractivity contribution in [3.05, 3.63) is 33.9 Å². The molecule has 0 radical (unpaired) electrons. The third-order valence-corrected chi connectivity index (χ3v) is 2.91. The molecule has 0 amide bonds. The van der Waals surface area contributed by atoms with E-state index in [1.54, 1.807) is 0 Å². The maximum absolute atomic E-state index is 4.90. The van der Waals surface area contributed by atoms with E-state index in [9.17, 15) is 0 Å². The third-order valence-electron chi connectivity index (χ3n) is 2.91. The second-order valence-corrected chi connectivity index (χ2v) is 3.96. The predicted molar refractivity (Wildman–Crippen MR) is 68.2 cm³/mol. The first-order valence-corrected chi connectivity index (χ1v) is 5.39. The van der Waals surface area contributed by atoms with Gasteiger partial charge in [0.05, 0.1) is 0 Å². The largest absolute Gasteiger partial charge is 0.329 e. The summed E-state index contributed by atoms with van der Waals surface area (Å²) in [4.78, 5) is 0. The third kappa shape index (κ3) is 4.02. The van der Waals surface area contributed by atoms with E-state index in [2.05, 4.69) is 40.7 Å². The molecular weight excluding hydrogens is 184 g/mol. The predicted octanol–water partition coefficient (Wildman–Crippen LogP) is 2.13. The van der Waals surface area contributed by atoms with Crippen LogP contribution in [0.5, 0.6) is 0 Å². The van der Waals surface area contributed by atoms with Crippen LogP contribution in [-0.2, 0) is 0 Å². The zero-order valence-electron chi connectivity index (χ0n) is 10.6. The number of hydrogen-bond donors (Lipinski definition) is 2. The van der Waals surface area contributed by atoms with Gasteiger partial charge in [-0.2, -0.15) is 0 Å². The topological polar surface area (TPSA) is 52.0 Å². The second-order valence-electron chi connectivity index (χ2n) is 3.96. The van der Waals surface area contributed by atoms with Gasteiger partial charge in [0.2, 0.25) is 0 Å². The van der Waals surface area contributed by atoms with E-state index in [1.807, 2.05) is 0 Å². The van der Waals surface area contributed by atoms with Crippen LogP contribution in [0.3, 0.4) is 0 Å². The maximum Gasteiger partial charge on any atom is 0.00461 e. The molecule has 0 bridgehead atoms. The number of aryl methyl sites for hydroxylation is 2. The number of rotatable bonds is 1. The monoisotopic (exact) mass is 208 g/mol. The van der Waals surface area contributed by atoms with E-state index in [0.29, 0.717) is 13.1 Å². The average molecular weight is 208 g/mol. The molecule has 0 heterocycles. The lowest BCUT2D eigenvalue weighted by atomic mass is 9.96. The highest BCUT2D eigenvalue weighted by Gasteiger charge is 2.02. The van der Waals surface area contributed by atoms with Gasteiger partial charge in [0.15, 0.2) is 0 Å². The summed E-state index contributed by atoms with van der Waals surface area (Å²) in [7, 11) is 0. The Labute approximate surface area is 93.7 Å². The van der Waals surface area contributed by atoms with Crippen LogP contribution in [0.25, 0.3) is 0 Å². The van der Waals surface area contributed by atoms with E-state index < -0.39 is 0 Å². The van der Waals surface area contributed by atoms with Gasteiger partial charge in [-0.1, -0.05) is 6.07 Å². The lowest BCUT2D eigenvalue weighted by Crippen LogP contribution is -2.11. The summed E-state index contributed by atoms with van der Waals surface area (Å²) in [6, 6.07) is 2.26. The molecule has 0 atom stereocenters. The Balaban J connectivity index is 0.000000423. The summed E-state index contributed by atoms with van der Waals surface area (Å²) in [5.74, 6) is 0. The summed E-state index contributed by atoms with van der Waals surface area (Å²) in [6.07, 6.45) is 0. The lowest BCUT2D eigenvalue weighted by molar-refractivity contribution is 0.976. The highest BCUT2D eigenvalue weighted by Crippen LogP contribution is 2.19. The van der Waals surface area contributed by atoms with Crippen molar-refractivity contribution in [2.24, 2.45) is 11.5 Å². The molecule has 1 aromatic carbocycles. The fourth-order valence-corrected chi connectivity index (χ4v) is 1.41. The van der Waals surface area contributed by atoms with Gasteiger partial charge in [-0.3, -0.25) is 0 Å². The quantitative estimate of drug-likeness (QED) is 0.743. The number of nitrogens with two attached hydrogens (primary N) is 2. The van der Waals surface area contributed by atoms with Crippen LogP contribution >= 0.6 is 0 Å². The lowest BCUT2D eigenvalue weighted by Gasteiger charge is -2.10. The van der Waals surface area contributed by atoms with Crippen LogP contribution in [-0.4, -0.2) is 13.1 Å². The van der Waals surface area contributed by atoms with Crippen molar-refractivity contribution in [3.8, 4) is 0 Å². The van der Waals surface area contributed by atoms with Gasteiger partial charge in [-0.15, -0.1) is 0 Å². The summed E-state index contributed by atoms with van der Waals surface area (Å²) >= 11 is 0. The molecule has 0 spiro atoms. The molecule has 4 N–H and O–H groups in total. The van der Waals surface area contributed by atoms with Crippen molar-refractivity contribution >= 4 is 0 Å². The Kier molecular flexibility index (Phi) is 6.21. The molecule has 0 saturated heterocycles. The smallest absolute Gasteiger partial charge is 0.00461 e. The average Bonchev–Trinajstić information content (AvgIpc) is 2.24. The van der Waals surface area contributed by atoms with Crippen molar-refractivity contribution < 1.29 is 0 Å². The molecule has 15 heavy (non-hydrogen) atoms. The molecule has 0 aromatic heterocycles. The van der Waals surface area contributed by atoms with Crippen LogP contribution < -0.4 is 11.5 Å². The van der Waals surface area contributed by atoms with Crippen molar-refractivity contribution in [1.29, 1.82) is 0 Å². The number of benzene rings is 1. The van der Waals surface area contributed by atoms with Crippen LogP contribution in [0.1, 0.15) is 27.8 Å². The van der Waals surface area contributed by atoms with Gasteiger partial charge in [0, 0.05) is 13.1 Å².